The molecule has 78 valence electrons. The zero-order valence-corrected chi connectivity index (χ0v) is 9.41. The fourth-order valence-corrected chi connectivity index (χ4v) is 1.01. The predicted octanol–water partition coefficient (Wildman–Crippen LogP) is 1.75. The van der Waals surface area contributed by atoms with E-state index >= 15 is 0 Å². The van der Waals surface area contributed by atoms with Crippen molar-refractivity contribution in [2.75, 3.05) is 26.0 Å². The van der Waals surface area contributed by atoms with Crippen LogP contribution in [-0.2, 0) is 0 Å². The SMILES string of the molecule is Cc1ccc(NCC(C)N(C)C)nc1. The van der Waals surface area contributed by atoms with Crippen LogP contribution in [0.4, 0.5) is 5.82 Å². The van der Waals surface area contributed by atoms with Crippen LogP contribution < -0.4 is 5.32 Å². The van der Waals surface area contributed by atoms with Crippen molar-refractivity contribution < 1.29 is 0 Å². The van der Waals surface area contributed by atoms with Crippen molar-refractivity contribution >= 4 is 5.82 Å². The Labute approximate surface area is 86.2 Å². The van der Waals surface area contributed by atoms with Gasteiger partial charge in [-0.25, -0.2) is 4.98 Å². The van der Waals surface area contributed by atoms with Crippen molar-refractivity contribution in [2.24, 2.45) is 0 Å². The van der Waals surface area contributed by atoms with Gasteiger partial charge in [0.05, 0.1) is 0 Å². The summed E-state index contributed by atoms with van der Waals surface area (Å²) >= 11 is 0. The van der Waals surface area contributed by atoms with Gasteiger partial charge in [-0.1, -0.05) is 6.07 Å². The second kappa shape index (κ2) is 4.96. The molecule has 1 unspecified atom stereocenters. The standard InChI is InChI=1S/C11H19N3/c1-9-5-6-11(12-7-9)13-8-10(2)14(3)4/h5-7,10H,8H2,1-4H3,(H,12,13). The first-order chi connectivity index (χ1) is 6.59. The molecule has 1 N–H and O–H groups in total. The number of rotatable bonds is 4. The quantitative estimate of drug-likeness (QED) is 0.789. The topological polar surface area (TPSA) is 28.2 Å². The molecule has 0 amide bonds. The smallest absolute Gasteiger partial charge is 0.125 e. The third-order valence-electron chi connectivity index (χ3n) is 2.37. The van der Waals surface area contributed by atoms with Crippen LogP contribution in [0.15, 0.2) is 18.3 Å². The molecule has 0 saturated heterocycles. The third kappa shape index (κ3) is 3.34. The second-order valence-corrected chi connectivity index (χ2v) is 3.91. The first kappa shape index (κ1) is 11.0. The molecule has 0 spiro atoms. The van der Waals surface area contributed by atoms with Crippen LogP contribution in [0.3, 0.4) is 0 Å². The molecule has 1 aromatic rings. The number of nitrogens with one attached hydrogen (secondary N) is 1. The van der Waals surface area contributed by atoms with E-state index in [1.807, 2.05) is 19.2 Å². The highest BCUT2D eigenvalue weighted by Crippen LogP contribution is 2.04. The first-order valence-corrected chi connectivity index (χ1v) is 4.92. The number of hydrogen-bond acceptors (Lipinski definition) is 3. The molecule has 14 heavy (non-hydrogen) atoms. The van der Waals surface area contributed by atoms with E-state index < -0.39 is 0 Å². The second-order valence-electron chi connectivity index (χ2n) is 3.91. The minimum Gasteiger partial charge on any atom is -0.369 e. The predicted molar refractivity (Wildman–Crippen MR) is 60.6 cm³/mol. The summed E-state index contributed by atoms with van der Waals surface area (Å²) in [5.41, 5.74) is 1.19. The molecule has 1 rings (SSSR count). The normalized spacial score (nSPS) is 12.9. The lowest BCUT2D eigenvalue weighted by Crippen LogP contribution is -2.31. The van der Waals surface area contributed by atoms with Crippen molar-refractivity contribution in [3.63, 3.8) is 0 Å². The summed E-state index contributed by atoms with van der Waals surface area (Å²) in [6.07, 6.45) is 1.88. The number of hydrogen-bond donors (Lipinski definition) is 1. The maximum Gasteiger partial charge on any atom is 0.125 e. The Morgan fingerprint density at radius 3 is 2.64 bits per heavy atom. The minimum atomic E-state index is 0.512. The fraction of sp³-hybridized carbons (Fsp3) is 0.545. The Hall–Kier alpha value is -1.09. The summed E-state index contributed by atoms with van der Waals surface area (Å²) in [6, 6.07) is 4.59. The van der Waals surface area contributed by atoms with E-state index in [9.17, 15) is 0 Å². The van der Waals surface area contributed by atoms with Crippen LogP contribution in [-0.4, -0.2) is 36.6 Å². The van der Waals surface area contributed by atoms with Gasteiger partial charge in [0.2, 0.25) is 0 Å². The molecule has 3 nitrogen and oxygen atoms in total. The summed E-state index contributed by atoms with van der Waals surface area (Å²) in [6.45, 7) is 5.14. The summed E-state index contributed by atoms with van der Waals surface area (Å²) < 4.78 is 0. The summed E-state index contributed by atoms with van der Waals surface area (Å²) in [5.74, 6) is 0.948. The van der Waals surface area contributed by atoms with Crippen molar-refractivity contribution in [2.45, 2.75) is 19.9 Å². The largest absolute Gasteiger partial charge is 0.369 e. The number of nitrogens with zero attached hydrogens (tertiary/aromatic N) is 2. The molecule has 0 bridgehead atoms. The van der Waals surface area contributed by atoms with E-state index in [2.05, 4.69) is 42.3 Å². The maximum absolute atomic E-state index is 4.28. The van der Waals surface area contributed by atoms with Crippen molar-refractivity contribution in [1.82, 2.24) is 9.88 Å². The monoisotopic (exact) mass is 193 g/mol. The lowest BCUT2D eigenvalue weighted by Gasteiger charge is -2.20. The molecule has 0 saturated carbocycles. The molecule has 1 heterocycles. The Balaban J connectivity index is 2.42. The zero-order chi connectivity index (χ0) is 10.6. The van der Waals surface area contributed by atoms with Gasteiger partial charge >= 0.3 is 0 Å². The van der Waals surface area contributed by atoms with Crippen molar-refractivity contribution in [3.05, 3.63) is 23.9 Å². The molecule has 1 atom stereocenters. The van der Waals surface area contributed by atoms with Crippen LogP contribution in [0.2, 0.25) is 0 Å². The highest BCUT2D eigenvalue weighted by Gasteiger charge is 2.03. The van der Waals surface area contributed by atoms with E-state index in [1.165, 1.54) is 5.56 Å². The number of anilines is 1. The van der Waals surface area contributed by atoms with E-state index in [-0.39, 0.29) is 0 Å². The van der Waals surface area contributed by atoms with E-state index in [1.54, 1.807) is 0 Å². The van der Waals surface area contributed by atoms with Crippen LogP contribution in [0.25, 0.3) is 0 Å². The van der Waals surface area contributed by atoms with Crippen LogP contribution >= 0.6 is 0 Å². The van der Waals surface area contributed by atoms with Crippen LogP contribution in [0, 0.1) is 6.92 Å². The molecular formula is C11H19N3. The first-order valence-electron chi connectivity index (χ1n) is 4.92. The molecule has 0 aliphatic rings. The molecule has 0 aliphatic carbocycles. The summed E-state index contributed by atoms with van der Waals surface area (Å²) in [7, 11) is 4.16. The summed E-state index contributed by atoms with van der Waals surface area (Å²) in [4.78, 5) is 6.46. The van der Waals surface area contributed by atoms with Crippen LogP contribution in [0.5, 0.6) is 0 Å². The van der Waals surface area contributed by atoms with Gasteiger partial charge in [0.15, 0.2) is 0 Å². The average Bonchev–Trinajstić information content (AvgIpc) is 2.16. The van der Waals surface area contributed by atoms with Crippen molar-refractivity contribution in [3.8, 4) is 0 Å². The van der Waals surface area contributed by atoms with Gasteiger partial charge in [-0.15, -0.1) is 0 Å². The van der Waals surface area contributed by atoms with Gasteiger partial charge in [0.25, 0.3) is 0 Å². The molecule has 1 aromatic heterocycles. The van der Waals surface area contributed by atoms with Gasteiger partial charge in [-0.2, -0.15) is 0 Å². The van der Waals surface area contributed by atoms with Crippen molar-refractivity contribution in [1.29, 1.82) is 0 Å². The van der Waals surface area contributed by atoms with E-state index in [0.717, 1.165) is 12.4 Å². The Morgan fingerprint density at radius 2 is 2.14 bits per heavy atom. The van der Waals surface area contributed by atoms with Gasteiger partial charge in [-0.05, 0) is 39.6 Å². The van der Waals surface area contributed by atoms with Gasteiger partial charge in [0, 0.05) is 18.8 Å². The van der Waals surface area contributed by atoms with Gasteiger partial charge in [0.1, 0.15) is 5.82 Å². The Morgan fingerprint density at radius 1 is 1.43 bits per heavy atom. The van der Waals surface area contributed by atoms with Gasteiger partial charge in [-0.3, -0.25) is 0 Å². The fourth-order valence-electron chi connectivity index (χ4n) is 1.01. The number of aryl methyl sites for hydroxylation is 1. The minimum absolute atomic E-state index is 0.512. The number of aromatic nitrogens is 1. The summed E-state index contributed by atoms with van der Waals surface area (Å²) in [5, 5.41) is 3.30. The van der Waals surface area contributed by atoms with E-state index in [4.69, 9.17) is 0 Å². The lowest BCUT2D eigenvalue weighted by atomic mass is 10.3. The van der Waals surface area contributed by atoms with Gasteiger partial charge < -0.3 is 10.2 Å². The number of likely N-dealkylation sites (N-methyl/N-ethyl adjacent to an activating group) is 1. The molecule has 0 radical (unpaired) electrons. The lowest BCUT2D eigenvalue weighted by molar-refractivity contribution is 0.326. The molecule has 0 fully saturated rings. The maximum atomic E-state index is 4.28. The number of pyridine rings is 1. The Kier molecular flexibility index (Phi) is 3.89. The molecular weight excluding hydrogens is 174 g/mol. The third-order valence-corrected chi connectivity index (χ3v) is 2.37. The average molecular weight is 193 g/mol. The molecule has 3 heteroatoms. The van der Waals surface area contributed by atoms with Crippen LogP contribution in [0.1, 0.15) is 12.5 Å². The van der Waals surface area contributed by atoms with E-state index in [0.29, 0.717) is 6.04 Å². The highest BCUT2D eigenvalue weighted by atomic mass is 15.1. The zero-order valence-electron chi connectivity index (χ0n) is 9.41. The molecule has 0 aliphatic heterocycles. The Bertz CT molecular complexity index is 266. The highest BCUT2D eigenvalue weighted by molar-refractivity contribution is 5.35. The molecule has 0 aromatic carbocycles.